The second-order valence-corrected chi connectivity index (χ2v) is 10.3. The highest BCUT2D eigenvalue weighted by atomic mass is 32.1. The van der Waals surface area contributed by atoms with Crippen LogP contribution >= 0.6 is 11.3 Å². The molecule has 2 saturated carbocycles. The van der Waals surface area contributed by atoms with E-state index in [2.05, 4.69) is 30.1 Å². The molecule has 2 aromatic rings. The van der Waals surface area contributed by atoms with Gasteiger partial charge in [-0.15, -0.1) is 17.8 Å². The smallest absolute Gasteiger partial charge is 0.224 e. The molecule has 7 nitrogen and oxygen atoms in total. The van der Waals surface area contributed by atoms with Crippen LogP contribution in [0.2, 0.25) is 0 Å². The lowest BCUT2D eigenvalue weighted by atomic mass is 10.0. The zero-order chi connectivity index (χ0) is 23.6. The summed E-state index contributed by atoms with van der Waals surface area (Å²) in [7, 11) is 0. The molecule has 1 aliphatic heterocycles. The summed E-state index contributed by atoms with van der Waals surface area (Å²) in [5.41, 5.74) is 1.85. The molecule has 0 spiro atoms. The molecule has 2 aromatic heterocycles. The Balaban J connectivity index is 0.000000157. The van der Waals surface area contributed by atoms with E-state index in [1.54, 1.807) is 12.4 Å². The van der Waals surface area contributed by atoms with Crippen molar-refractivity contribution in [1.29, 1.82) is 5.26 Å². The molecule has 0 radical (unpaired) electrons. The summed E-state index contributed by atoms with van der Waals surface area (Å²) in [4.78, 5) is 28.4. The second-order valence-electron chi connectivity index (χ2n) is 9.40. The van der Waals surface area contributed by atoms with Gasteiger partial charge in [-0.25, -0.2) is 0 Å². The van der Waals surface area contributed by atoms with Crippen molar-refractivity contribution in [2.45, 2.75) is 45.3 Å². The Bertz CT molecular complexity index is 1110. The Morgan fingerprint density at radius 2 is 2.15 bits per heavy atom. The highest BCUT2D eigenvalue weighted by molar-refractivity contribution is 7.17. The molecular weight excluding hydrogens is 436 g/mol. The number of nitrogens with zero attached hydrogens (tertiary/aromatic N) is 3. The third kappa shape index (κ3) is 4.88. The Labute approximate surface area is 198 Å². The average molecular weight is 465 g/mol. The van der Waals surface area contributed by atoms with Crippen molar-refractivity contribution < 1.29 is 14.3 Å². The van der Waals surface area contributed by atoms with E-state index in [4.69, 9.17) is 16.4 Å². The van der Waals surface area contributed by atoms with Gasteiger partial charge in [-0.2, -0.15) is 5.26 Å². The fourth-order valence-electron chi connectivity index (χ4n) is 4.65. The van der Waals surface area contributed by atoms with Crippen LogP contribution in [0.1, 0.15) is 50.3 Å². The predicted molar refractivity (Wildman–Crippen MR) is 126 cm³/mol. The van der Waals surface area contributed by atoms with Crippen LogP contribution in [0.3, 0.4) is 0 Å². The van der Waals surface area contributed by atoms with Crippen molar-refractivity contribution in [1.82, 2.24) is 15.2 Å². The van der Waals surface area contributed by atoms with E-state index in [1.165, 1.54) is 24.2 Å². The SMILES string of the molecule is C#Cc1csc2cncc(C(C#N)NC=O)c12.CC1(C)C2CN(C(=O)CCOC3CC3)CC21. The van der Waals surface area contributed by atoms with Crippen LogP contribution in [0.25, 0.3) is 10.1 Å². The number of carbonyl (C=O) groups is 2. The number of terminal acetylenes is 1. The van der Waals surface area contributed by atoms with Crippen LogP contribution in [0.15, 0.2) is 17.8 Å². The largest absolute Gasteiger partial charge is 0.378 e. The minimum Gasteiger partial charge on any atom is -0.378 e. The minimum atomic E-state index is -0.731. The number of nitrogens with one attached hydrogen (secondary N) is 1. The molecule has 2 amide bonds. The molecule has 1 saturated heterocycles. The van der Waals surface area contributed by atoms with E-state index in [0.29, 0.717) is 42.4 Å². The Kier molecular flexibility index (Phi) is 6.69. The summed E-state index contributed by atoms with van der Waals surface area (Å²) in [5, 5.41) is 14.1. The van der Waals surface area contributed by atoms with Crippen molar-refractivity contribution in [2.75, 3.05) is 19.7 Å². The molecule has 3 aliphatic rings. The van der Waals surface area contributed by atoms with Crippen molar-refractivity contribution in [3.63, 3.8) is 0 Å². The predicted octanol–water partition coefficient (Wildman–Crippen LogP) is 3.26. The number of likely N-dealkylation sites (tertiary alicyclic amines) is 1. The number of amides is 2. The third-order valence-corrected chi connectivity index (χ3v) is 7.93. The van der Waals surface area contributed by atoms with Gasteiger partial charge in [0.1, 0.15) is 6.04 Å². The zero-order valence-electron chi connectivity index (χ0n) is 18.9. The molecule has 8 heteroatoms. The van der Waals surface area contributed by atoms with Crippen LogP contribution < -0.4 is 5.32 Å². The number of ether oxygens (including phenoxy) is 1. The summed E-state index contributed by atoms with van der Waals surface area (Å²) in [6.07, 6.45) is 12.6. The van der Waals surface area contributed by atoms with Crippen LogP contribution in [-0.2, 0) is 14.3 Å². The van der Waals surface area contributed by atoms with Crippen LogP contribution in [-0.4, -0.2) is 48.0 Å². The standard InChI is InChI=1S/C13H21NO2.C12H7N3OS/c1-13(2)10-7-14(8-11(10)13)12(15)5-6-16-9-3-4-9;1-2-8-6-17-11-5-14-4-9(12(8)11)10(3-13)15-7-16/h9-11H,3-8H2,1-2H3;1,4-7,10H,(H,15,16). The van der Waals surface area contributed by atoms with Crippen LogP contribution in [0.4, 0.5) is 0 Å². The maximum atomic E-state index is 11.9. The maximum absolute atomic E-state index is 11.9. The first-order valence-corrected chi connectivity index (χ1v) is 12.1. The molecule has 5 rings (SSSR count). The normalized spacial score (nSPS) is 22.8. The summed E-state index contributed by atoms with van der Waals surface area (Å²) in [6.45, 7) is 7.24. The van der Waals surface area contributed by atoms with E-state index < -0.39 is 6.04 Å². The number of nitriles is 1. The van der Waals surface area contributed by atoms with E-state index in [9.17, 15) is 9.59 Å². The molecule has 0 bridgehead atoms. The number of thiophene rings is 1. The Hall–Kier alpha value is -2.94. The van der Waals surface area contributed by atoms with E-state index in [-0.39, 0.29) is 0 Å². The topological polar surface area (TPSA) is 95.3 Å². The fourth-order valence-corrected chi connectivity index (χ4v) is 5.54. The van der Waals surface area contributed by atoms with E-state index >= 15 is 0 Å². The first-order valence-electron chi connectivity index (χ1n) is 11.2. The number of hydrogen-bond acceptors (Lipinski definition) is 6. The van der Waals surface area contributed by atoms with Crippen LogP contribution in [0, 0.1) is 40.9 Å². The highest BCUT2D eigenvalue weighted by Gasteiger charge is 2.62. The molecule has 3 unspecified atom stereocenters. The van der Waals surface area contributed by atoms with Crippen molar-refractivity contribution in [2.24, 2.45) is 17.3 Å². The van der Waals surface area contributed by atoms with E-state index in [0.717, 1.165) is 40.6 Å². The molecule has 1 N–H and O–H groups in total. The van der Waals surface area contributed by atoms with Gasteiger partial charge in [-0.05, 0) is 30.1 Å². The number of pyridine rings is 1. The van der Waals surface area contributed by atoms with Gasteiger partial charge in [-0.1, -0.05) is 19.8 Å². The maximum Gasteiger partial charge on any atom is 0.224 e. The first-order chi connectivity index (χ1) is 15.9. The van der Waals surface area contributed by atoms with Gasteiger partial charge in [0.05, 0.1) is 29.9 Å². The summed E-state index contributed by atoms with van der Waals surface area (Å²) in [6, 6.07) is 1.28. The van der Waals surface area contributed by atoms with Gasteiger partial charge in [-0.3, -0.25) is 14.6 Å². The second kappa shape index (κ2) is 9.51. The van der Waals surface area contributed by atoms with Gasteiger partial charge in [0.15, 0.2) is 0 Å². The quantitative estimate of drug-likeness (QED) is 0.501. The van der Waals surface area contributed by atoms with Crippen molar-refractivity contribution >= 4 is 33.7 Å². The monoisotopic (exact) mass is 464 g/mol. The first kappa shape index (κ1) is 23.2. The zero-order valence-corrected chi connectivity index (χ0v) is 19.7. The van der Waals surface area contributed by atoms with E-state index in [1.807, 2.05) is 16.3 Å². The van der Waals surface area contributed by atoms with Gasteiger partial charge in [0.25, 0.3) is 0 Å². The number of rotatable bonds is 7. The fraction of sp³-hybridized carbons (Fsp3) is 0.520. The molecule has 2 aliphatic carbocycles. The average Bonchev–Trinajstić information content (AvgIpc) is 3.55. The minimum absolute atomic E-state index is 0.295. The summed E-state index contributed by atoms with van der Waals surface area (Å²) < 4.78 is 6.42. The lowest BCUT2D eigenvalue weighted by Crippen LogP contribution is -2.33. The molecule has 33 heavy (non-hydrogen) atoms. The number of aromatic nitrogens is 1. The molecule has 0 aromatic carbocycles. The molecule has 3 fully saturated rings. The molecular formula is C25H28N4O3S. The lowest BCUT2D eigenvalue weighted by Gasteiger charge is -2.22. The molecule has 3 atom stereocenters. The number of hydrogen-bond donors (Lipinski definition) is 1. The molecule has 3 heterocycles. The van der Waals surface area contributed by atoms with Crippen molar-refractivity contribution in [3.8, 4) is 18.4 Å². The van der Waals surface area contributed by atoms with Gasteiger partial charge >= 0.3 is 0 Å². The van der Waals surface area contributed by atoms with Crippen molar-refractivity contribution in [3.05, 3.63) is 28.9 Å². The number of fused-ring (bicyclic) bond motifs is 2. The summed E-state index contributed by atoms with van der Waals surface area (Å²) >= 11 is 1.47. The van der Waals surface area contributed by atoms with Gasteiger partial charge < -0.3 is 15.0 Å². The van der Waals surface area contributed by atoms with Gasteiger partial charge in [0, 0.05) is 47.4 Å². The Morgan fingerprint density at radius 3 is 2.76 bits per heavy atom. The summed E-state index contributed by atoms with van der Waals surface area (Å²) in [5.74, 6) is 4.39. The Morgan fingerprint density at radius 1 is 1.42 bits per heavy atom. The number of carbonyl (C=O) groups excluding carboxylic acids is 2. The highest BCUT2D eigenvalue weighted by Crippen LogP contribution is 2.61. The molecule has 172 valence electrons. The number of piperidine rings is 1. The third-order valence-electron chi connectivity index (χ3n) is 7.01. The van der Waals surface area contributed by atoms with Gasteiger partial charge in [0.2, 0.25) is 12.3 Å². The van der Waals surface area contributed by atoms with Crippen LogP contribution in [0.5, 0.6) is 0 Å². The lowest BCUT2D eigenvalue weighted by molar-refractivity contribution is -0.132.